The lowest BCUT2D eigenvalue weighted by atomic mass is 9.92. The van der Waals surface area contributed by atoms with E-state index < -0.39 is 0 Å². The number of piperidine rings is 1. The molecule has 0 N–H and O–H groups in total. The van der Waals surface area contributed by atoms with Crippen molar-refractivity contribution in [3.63, 3.8) is 0 Å². The Bertz CT molecular complexity index is 537. The van der Waals surface area contributed by atoms with Crippen molar-refractivity contribution in [2.75, 3.05) is 18.0 Å². The van der Waals surface area contributed by atoms with Crippen molar-refractivity contribution in [2.24, 2.45) is 11.8 Å². The van der Waals surface area contributed by atoms with Gasteiger partial charge in [0.15, 0.2) is 10.8 Å². The molecule has 0 amide bonds. The number of rotatable bonds is 2. The summed E-state index contributed by atoms with van der Waals surface area (Å²) >= 11 is 7.79. The third-order valence-electron chi connectivity index (χ3n) is 3.63. The van der Waals surface area contributed by atoms with Crippen LogP contribution < -0.4 is 4.90 Å². The van der Waals surface area contributed by atoms with Crippen LogP contribution in [0.1, 0.15) is 26.0 Å². The molecule has 3 nitrogen and oxygen atoms in total. The van der Waals surface area contributed by atoms with E-state index in [1.807, 2.05) is 0 Å². The fourth-order valence-corrected chi connectivity index (χ4v) is 4.01. The molecule has 0 saturated carbocycles. The van der Waals surface area contributed by atoms with E-state index in [9.17, 15) is 0 Å². The van der Waals surface area contributed by atoms with Crippen LogP contribution in [0.2, 0.25) is 0 Å². The van der Waals surface area contributed by atoms with Crippen molar-refractivity contribution in [2.45, 2.75) is 26.1 Å². The molecule has 2 aromatic rings. The van der Waals surface area contributed by atoms with Gasteiger partial charge in [0.1, 0.15) is 0 Å². The molecule has 0 radical (unpaired) electrons. The summed E-state index contributed by atoms with van der Waals surface area (Å²) in [7, 11) is 0. The van der Waals surface area contributed by atoms with Crippen molar-refractivity contribution in [1.82, 2.24) is 9.38 Å². The number of nitrogens with zero attached hydrogens (tertiary/aromatic N) is 3. The predicted octanol–water partition coefficient (Wildman–Crippen LogP) is 3.62. The van der Waals surface area contributed by atoms with Crippen molar-refractivity contribution in [3.8, 4) is 0 Å². The first-order valence-corrected chi connectivity index (χ1v) is 7.85. The van der Waals surface area contributed by atoms with Gasteiger partial charge in [-0.15, -0.1) is 22.9 Å². The van der Waals surface area contributed by atoms with E-state index in [-0.39, 0.29) is 0 Å². The highest BCUT2D eigenvalue weighted by Gasteiger charge is 2.26. The first kappa shape index (κ1) is 12.3. The minimum atomic E-state index is 0.520. The number of fused-ring (bicyclic) bond motifs is 1. The molecule has 0 aromatic carbocycles. The molecule has 1 aliphatic rings. The Kier molecular flexibility index (Phi) is 3.24. The molecule has 1 aliphatic heterocycles. The molecule has 2 atom stereocenters. The third-order valence-corrected chi connectivity index (χ3v) is 4.64. The van der Waals surface area contributed by atoms with Gasteiger partial charge in [0.25, 0.3) is 0 Å². The number of hydrogen-bond donors (Lipinski definition) is 0. The molecule has 0 aliphatic carbocycles. The minimum Gasteiger partial charge on any atom is -0.354 e. The van der Waals surface area contributed by atoms with Crippen LogP contribution in [0.25, 0.3) is 4.96 Å². The van der Waals surface area contributed by atoms with E-state index >= 15 is 0 Å². The summed E-state index contributed by atoms with van der Waals surface area (Å²) in [6.45, 7) is 6.83. The molecule has 0 bridgehead atoms. The number of halogens is 1. The van der Waals surface area contributed by atoms with E-state index in [0.717, 1.165) is 41.4 Å². The zero-order chi connectivity index (χ0) is 12.7. The zero-order valence-electron chi connectivity index (χ0n) is 10.8. The van der Waals surface area contributed by atoms with E-state index in [2.05, 4.69) is 34.7 Å². The maximum Gasteiger partial charge on any atom is 0.195 e. The average Bonchev–Trinajstić information content (AvgIpc) is 2.86. The van der Waals surface area contributed by atoms with Gasteiger partial charge >= 0.3 is 0 Å². The lowest BCUT2D eigenvalue weighted by molar-refractivity contribution is 0.355. The molecule has 3 heterocycles. The number of anilines is 1. The summed E-state index contributed by atoms with van der Waals surface area (Å²) in [5.41, 5.74) is 1.13. The topological polar surface area (TPSA) is 20.5 Å². The number of hydrogen-bond acceptors (Lipinski definition) is 3. The van der Waals surface area contributed by atoms with Gasteiger partial charge in [-0.1, -0.05) is 13.8 Å². The maximum atomic E-state index is 6.12. The Balaban J connectivity index is 1.99. The predicted molar refractivity (Wildman–Crippen MR) is 77.8 cm³/mol. The number of imidazole rings is 1. The second-order valence-corrected chi connectivity index (χ2v) is 6.56. The average molecular weight is 284 g/mol. The van der Waals surface area contributed by atoms with Gasteiger partial charge in [0, 0.05) is 24.7 Å². The van der Waals surface area contributed by atoms with Crippen molar-refractivity contribution in [3.05, 3.63) is 17.3 Å². The van der Waals surface area contributed by atoms with Crippen molar-refractivity contribution < 1.29 is 0 Å². The normalized spacial score (nSPS) is 24.9. The fourth-order valence-electron chi connectivity index (χ4n) is 3.03. The van der Waals surface area contributed by atoms with E-state index in [1.165, 1.54) is 6.42 Å². The Labute approximate surface area is 116 Å². The van der Waals surface area contributed by atoms with Gasteiger partial charge < -0.3 is 4.90 Å². The van der Waals surface area contributed by atoms with Crippen molar-refractivity contribution >= 4 is 33.7 Å². The summed E-state index contributed by atoms with van der Waals surface area (Å²) in [6.07, 6.45) is 3.37. The molecular formula is C13H18ClN3S. The Morgan fingerprint density at radius 1 is 1.39 bits per heavy atom. The molecule has 5 heteroatoms. The van der Waals surface area contributed by atoms with Crippen molar-refractivity contribution in [1.29, 1.82) is 0 Å². The lowest BCUT2D eigenvalue weighted by Gasteiger charge is -2.35. The van der Waals surface area contributed by atoms with Gasteiger partial charge in [0.2, 0.25) is 0 Å². The maximum absolute atomic E-state index is 6.12. The Morgan fingerprint density at radius 3 is 2.78 bits per heavy atom. The summed E-state index contributed by atoms with van der Waals surface area (Å²) in [5.74, 6) is 3.08. The Morgan fingerprint density at radius 2 is 2.11 bits per heavy atom. The van der Waals surface area contributed by atoms with Gasteiger partial charge in [-0.25, -0.2) is 4.98 Å². The number of aromatic nitrogens is 2. The second-order valence-electron chi connectivity index (χ2n) is 5.42. The molecule has 0 spiro atoms. The van der Waals surface area contributed by atoms with Crippen LogP contribution in [0.4, 0.5) is 5.82 Å². The second kappa shape index (κ2) is 4.74. The molecule has 98 valence electrons. The highest BCUT2D eigenvalue weighted by Crippen LogP contribution is 2.31. The van der Waals surface area contributed by atoms with Crippen LogP contribution in [0, 0.1) is 11.8 Å². The fraction of sp³-hybridized carbons (Fsp3) is 0.615. The highest BCUT2D eigenvalue weighted by molar-refractivity contribution is 7.15. The minimum absolute atomic E-state index is 0.520. The molecule has 2 unspecified atom stereocenters. The van der Waals surface area contributed by atoms with Gasteiger partial charge in [-0.3, -0.25) is 4.40 Å². The summed E-state index contributed by atoms with van der Waals surface area (Å²) in [5, 5.41) is 2.06. The number of thiazole rings is 1. The quantitative estimate of drug-likeness (QED) is 0.785. The molecule has 1 saturated heterocycles. The van der Waals surface area contributed by atoms with Crippen LogP contribution in [-0.2, 0) is 5.88 Å². The number of alkyl halides is 1. The third kappa shape index (κ3) is 2.01. The van der Waals surface area contributed by atoms with Crippen LogP contribution >= 0.6 is 22.9 Å². The monoisotopic (exact) mass is 283 g/mol. The highest BCUT2D eigenvalue weighted by atomic mass is 35.5. The Hall–Kier alpha value is -0.740. The molecule has 3 rings (SSSR count). The zero-order valence-corrected chi connectivity index (χ0v) is 12.3. The smallest absolute Gasteiger partial charge is 0.195 e. The molecular weight excluding hydrogens is 266 g/mol. The SMILES string of the molecule is CC1CC(C)CN(c2nc3sccn3c2CCl)C1. The molecule has 18 heavy (non-hydrogen) atoms. The first-order chi connectivity index (χ1) is 8.69. The summed E-state index contributed by atoms with van der Waals surface area (Å²) < 4.78 is 2.12. The van der Waals surface area contributed by atoms with Gasteiger partial charge in [0.05, 0.1) is 11.6 Å². The summed E-state index contributed by atoms with van der Waals surface area (Å²) in [4.78, 5) is 8.22. The first-order valence-electron chi connectivity index (χ1n) is 6.44. The van der Waals surface area contributed by atoms with Crippen LogP contribution in [0.5, 0.6) is 0 Å². The molecule has 2 aromatic heterocycles. The molecule has 1 fully saturated rings. The van der Waals surface area contributed by atoms with E-state index in [0.29, 0.717) is 5.88 Å². The van der Waals surface area contributed by atoms with Crippen LogP contribution in [0.15, 0.2) is 11.6 Å². The van der Waals surface area contributed by atoms with E-state index in [1.54, 1.807) is 11.3 Å². The van der Waals surface area contributed by atoms with Crippen LogP contribution in [-0.4, -0.2) is 22.5 Å². The van der Waals surface area contributed by atoms with Gasteiger partial charge in [-0.2, -0.15) is 0 Å². The van der Waals surface area contributed by atoms with Gasteiger partial charge in [-0.05, 0) is 18.3 Å². The van der Waals surface area contributed by atoms with Crippen LogP contribution in [0.3, 0.4) is 0 Å². The summed E-state index contributed by atoms with van der Waals surface area (Å²) in [6, 6.07) is 0. The largest absolute Gasteiger partial charge is 0.354 e. The lowest BCUT2D eigenvalue weighted by Crippen LogP contribution is -2.39. The van der Waals surface area contributed by atoms with E-state index in [4.69, 9.17) is 16.6 Å². The standard InChI is InChI=1S/C13H18ClN3S/c1-9-5-10(2)8-16(7-9)12-11(6-14)17-3-4-18-13(17)15-12/h3-4,9-10H,5-8H2,1-2H3.